The van der Waals surface area contributed by atoms with E-state index >= 15 is 0 Å². The smallest absolute Gasteiger partial charge is 0.313 e. The van der Waals surface area contributed by atoms with Crippen molar-refractivity contribution in [3.05, 3.63) is 36.7 Å². The van der Waals surface area contributed by atoms with Gasteiger partial charge in [0, 0.05) is 41.9 Å². The zero-order valence-corrected chi connectivity index (χ0v) is 12.4. The number of benzene rings is 1. The molecule has 0 saturated heterocycles. The van der Waals surface area contributed by atoms with E-state index < -0.39 is 11.8 Å². The first kappa shape index (κ1) is 15.4. The van der Waals surface area contributed by atoms with E-state index in [0.717, 1.165) is 10.8 Å². The summed E-state index contributed by atoms with van der Waals surface area (Å²) in [5, 5.41) is 13.0. The molecular weight excluding hydrogens is 280 g/mol. The topological polar surface area (TPSA) is 86.1 Å². The number of likely N-dealkylation sites (N-methyl/N-ethyl adjacent to an activating group) is 1. The van der Waals surface area contributed by atoms with Crippen LogP contribution in [0.3, 0.4) is 0 Å². The average molecular weight is 296 g/mol. The Balaban J connectivity index is 2.17. The quantitative estimate of drug-likeness (QED) is 0.877. The number of rotatable bonds is 3. The number of hydrogen-bond acceptors (Lipinski definition) is 4. The molecule has 22 heavy (non-hydrogen) atoms. The molecule has 0 unspecified atom stereocenters. The summed E-state index contributed by atoms with van der Waals surface area (Å²) in [6, 6.07) is 8.83. The van der Waals surface area contributed by atoms with Gasteiger partial charge >= 0.3 is 11.8 Å². The van der Waals surface area contributed by atoms with E-state index in [1.54, 1.807) is 37.5 Å². The number of hydrogen-bond donors (Lipinski definition) is 1. The number of anilines is 1. The normalized spacial score (nSPS) is 11.5. The fraction of sp³-hybridized carbons (Fsp3) is 0.250. The second-order valence-electron chi connectivity index (χ2n) is 4.98. The van der Waals surface area contributed by atoms with E-state index in [2.05, 4.69) is 10.3 Å². The molecule has 0 aliphatic carbocycles. The molecule has 1 heterocycles. The lowest BCUT2D eigenvalue weighted by Crippen LogP contribution is -2.42. The highest BCUT2D eigenvalue weighted by Gasteiger charge is 2.23. The summed E-state index contributed by atoms with van der Waals surface area (Å²) in [6.45, 7) is 1.72. The number of carbonyl (C=O) groups is 2. The third-order valence-electron chi connectivity index (χ3n) is 3.49. The van der Waals surface area contributed by atoms with Crippen LogP contribution in [0, 0.1) is 11.3 Å². The summed E-state index contributed by atoms with van der Waals surface area (Å²) in [4.78, 5) is 29.5. The van der Waals surface area contributed by atoms with Crippen molar-refractivity contribution in [3.8, 4) is 6.07 Å². The molecule has 1 aromatic heterocycles. The molecule has 1 aromatic carbocycles. The van der Waals surface area contributed by atoms with Crippen LogP contribution in [0.4, 0.5) is 5.69 Å². The molecule has 0 fully saturated rings. The van der Waals surface area contributed by atoms with Gasteiger partial charge in [-0.25, -0.2) is 0 Å². The highest BCUT2D eigenvalue weighted by molar-refractivity contribution is 6.40. The van der Waals surface area contributed by atoms with Crippen molar-refractivity contribution in [1.82, 2.24) is 9.88 Å². The van der Waals surface area contributed by atoms with Gasteiger partial charge in [-0.1, -0.05) is 12.1 Å². The molecule has 1 N–H and O–H groups in total. The molecule has 2 rings (SSSR count). The van der Waals surface area contributed by atoms with Gasteiger partial charge in [0.15, 0.2) is 0 Å². The second-order valence-corrected chi connectivity index (χ2v) is 4.98. The summed E-state index contributed by atoms with van der Waals surface area (Å²) < 4.78 is 0. The third kappa shape index (κ3) is 3.20. The summed E-state index contributed by atoms with van der Waals surface area (Å²) >= 11 is 0. The molecule has 6 nitrogen and oxygen atoms in total. The van der Waals surface area contributed by atoms with E-state index in [9.17, 15) is 9.59 Å². The van der Waals surface area contributed by atoms with Crippen LogP contribution >= 0.6 is 0 Å². The zero-order valence-electron chi connectivity index (χ0n) is 12.4. The highest BCUT2D eigenvalue weighted by Crippen LogP contribution is 2.22. The molecule has 0 saturated carbocycles. The molecule has 0 spiro atoms. The van der Waals surface area contributed by atoms with Gasteiger partial charge < -0.3 is 10.2 Å². The van der Waals surface area contributed by atoms with E-state index in [1.807, 2.05) is 12.1 Å². The van der Waals surface area contributed by atoms with E-state index in [4.69, 9.17) is 5.26 Å². The van der Waals surface area contributed by atoms with Crippen LogP contribution in [0.1, 0.15) is 13.3 Å². The van der Waals surface area contributed by atoms with Crippen molar-refractivity contribution in [2.45, 2.75) is 19.4 Å². The standard InChI is InChI=1S/C16H16N4O2/c1-11(6-8-17)20(2)16(22)15(21)19-14-5-3-4-12-10-18-9-7-13(12)14/h3-5,7,9-11H,6H2,1-2H3,(H,19,21)/t11-/m1/s1. The van der Waals surface area contributed by atoms with Gasteiger partial charge in [0.2, 0.25) is 0 Å². The van der Waals surface area contributed by atoms with Crippen molar-refractivity contribution in [2.24, 2.45) is 0 Å². The highest BCUT2D eigenvalue weighted by atomic mass is 16.2. The molecule has 0 bridgehead atoms. The Hall–Kier alpha value is -2.94. The summed E-state index contributed by atoms with van der Waals surface area (Å²) in [6.07, 6.45) is 3.49. The molecule has 112 valence electrons. The van der Waals surface area contributed by atoms with E-state index in [1.165, 1.54) is 11.9 Å². The number of nitriles is 1. The first-order valence-corrected chi connectivity index (χ1v) is 6.82. The average Bonchev–Trinajstić information content (AvgIpc) is 2.54. The van der Waals surface area contributed by atoms with Crippen LogP contribution in [-0.2, 0) is 9.59 Å². The van der Waals surface area contributed by atoms with Crippen LogP contribution in [0.2, 0.25) is 0 Å². The van der Waals surface area contributed by atoms with Gasteiger partial charge in [-0.05, 0) is 19.1 Å². The van der Waals surface area contributed by atoms with Gasteiger partial charge in [0.1, 0.15) is 0 Å². The largest absolute Gasteiger partial charge is 0.334 e. The number of nitrogens with one attached hydrogen (secondary N) is 1. The second kappa shape index (κ2) is 6.68. The number of amides is 2. The lowest BCUT2D eigenvalue weighted by Gasteiger charge is -2.22. The molecule has 1 atom stereocenters. The number of nitrogens with zero attached hydrogens (tertiary/aromatic N) is 3. The molecule has 0 aliphatic heterocycles. The predicted molar refractivity (Wildman–Crippen MR) is 82.8 cm³/mol. The zero-order chi connectivity index (χ0) is 16.1. The van der Waals surface area contributed by atoms with E-state index in [0.29, 0.717) is 5.69 Å². The minimum absolute atomic E-state index is 0.176. The molecule has 2 aromatic rings. The maximum atomic E-state index is 12.1. The fourth-order valence-electron chi connectivity index (χ4n) is 2.04. The first-order valence-electron chi connectivity index (χ1n) is 6.82. The van der Waals surface area contributed by atoms with Crippen LogP contribution < -0.4 is 5.32 Å². The van der Waals surface area contributed by atoms with Crippen molar-refractivity contribution >= 4 is 28.3 Å². The molecule has 2 amide bonds. The summed E-state index contributed by atoms with van der Waals surface area (Å²) in [5.74, 6) is -1.40. The van der Waals surface area contributed by atoms with Crippen molar-refractivity contribution in [1.29, 1.82) is 5.26 Å². The Morgan fingerprint density at radius 2 is 2.18 bits per heavy atom. The number of aromatic nitrogens is 1. The Kier molecular flexibility index (Phi) is 4.69. The molecule has 6 heteroatoms. The van der Waals surface area contributed by atoms with Gasteiger partial charge in [-0.3, -0.25) is 14.6 Å². The SMILES string of the molecule is C[C@H](CC#N)N(C)C(=O)C(=O)Nc1cccc2cnccc12. The Bertz CT molecular complexity index is 746. The van der Waals surface area contributed by atoms with E-state index in [-0.39, 0.29) is 12.5 Å². The monoisotopic (exact) mass is 296 g/mol. The first-order chi connectivity index (χ1) is 10.5. The van der Waals surface area contributed by atoms with Crippen molar-refractivity contribution in [2.75, 3.05) is 12.4 Å². The maximum Gasteiger partial charge on any atom is 0.313 e. The lowest BCUT2D eigenvalue weighted by atomic mass is 10.1. The van der Waals surface area contributed by atoms with Gasteiger partial charge in [0.25, 0.3) is 0 Å². The van der Waals surface area contributed by atoms with Gasteiger partial charge in [-0.2, -0.15) is 5.26 Å². The Morgan fingerprint density at radius 3 is 2.91 bits per heavy atom. The Labute approximate surface area is 128 Å². The molecule has 0 aliphatic rings. The minimum Gasteiger partial charge on any atom is -0.334 e. The minimum atomic E-state index is -0.725. The van der Waals surface area contributed by atoms with Crippen LogP contribution in [0.5, 0.6) is 0 Å². The number of carbonyl (C=O) groups excluding carboxylic acids is 2. The third-order valence-corrected chi connectivity index (χ3v) is 3.49. The van der Waals surface area contributed by atoms with Crippen LogP contribution in [0.15, 0.2) is 36.7 Å². The number of fused-ring (bicyclic) bond motifs is 1. The lowest BCUT2D eigenvalue weighted by molar-refractivity contribution is -0.143. The fourth-order valence-corrected chi connectivity index (χ4v) is 2.04. The summed E-state index contributed by atoms with van der Waals surface area (Å²) in [5.41, 5.74) is 0.555. The predicted octanol–water partition coefficient (Wildman–Crippen LogP) is 1.93. The van der Waals surface area contributed by atoms with Crippen LogP contribution in [0.25, 0.3) is 10.8 Å². The maximum absolute atomic E-state index is 12.1. The van der Waals surface area contributed by atoms with Gasteiger partial charge in [-0.15, -0.1) is 0 Å². The van der Waals surface area contributed by atoms with Crippen LogP contribution in [-0.4, -0.2) is 34.8 Å². The molecular formula is C16H16N4O2. The van der Waals surface area contributed by atoms with Gasteiger partial charge in [0.05, 0.1) is 12.5 Å². The summed E-state index contributed by atoms with van der Waals surface area (Å²) in [7, 11) is 1.51. The van der Waals surface area contributed by atoms with Crippen molar-refractivity contribution in [3.63, 3.8) is 0 Å². The number of pyridine rings is 1. The Morgan fingerprint density at radius 1 is 1.41 bits per heavy atom. The van der Waals surface area contributed by atoms with Crippen molar-refractivity contribution < 1.29 is 9.59 Å². The molecule has 0 radical (unpaired) electrons.